The fourth-order valence-corrected chi connectivity index (χ4v) is 3.36. The number of carbonyl (C=O) groups excluding carboxylic acids is 1. The first-order chi connectivity index (χ1) is 12.0. The molecule has 0 bridgehead atoms. The van der Waals surface area contributed by atoms with Gasteiger partial charge in [-0.1, -0.05) is 23.7 Å². The largest absolute Gasteiger partial charge is 0.450 e. The van der Waals surface area contributed by atoms with Crippen LogP contribution in [0.2, 0.25) is 5.15 Å². The third-order valence-corrected chi connectivity index (χ3v) is 5.16. The van der Waals surface area contributed by atoms with Crippen LogP contribution in [0.25, 0.3) is 10.9 Å². The van der Waals surface area contributed by atoms with Crippen molar-refractivity contribution < 1.29 is 9.53 Å². The highest BCUT2D eigenvalue weighted by Crippen LogP contribution is 2.26. The van der Waals surface area contributed by atoms with Gasteiger partial charge in [0.1, 0.15) is 5.15 Å². The summed E-state index contributed by atoms with van der Waals surface area (Å²) < 4.78 is 5.06. The minimum Gasteiger partial charge on any atom is -0.450 e. The maximum Gasteiger partial charge on any atom is 0.409 e. The zero-order valence-electron chi connectivity index (χ0n) is 15.0. The van der Waals surface area contributed by atoms with Gasteiger partial charge in [-0.05, 0) is 38.0 Å². The molecule has 1 aliphatic rings. The molecule has 0 N–H and O–H groups in total. The number of aryl methyl sites for hydroxylation is 2. The van der Waals surface area contributed by atoms with Gasteiger partial charge < -0.3 is 9.64 Å². The van der Waals surface area contributed by atoms with Gasteiger partial charge in [0, 0.05) is 43.7 Å². The molecule has 0 unspecified atom stereocenters. The van der Waals surface area contributed by atoms with E-state index in [1.165, 1.54) is 11.1 Å². The number of benzene rings is 1. The molecular weight excluding hydrogens is 338 g/mol. The van der Waals surface area contributed by atoms with Crippen molar-refractivity contribution >= 4 is 28.6 Å². The monoisotopic (exact) mass is 361 g/mol. The number of carbonyl (C=O) groups is 1. The van der Waals surface area contributed by atoms with E-state index in [4.69, 9.17) is 16.3 Å². The van der Waals surface area contributed by atoms with E-state index < -0.39 is 0 Å². The number of rotatable bonds is 3. The number of amides is 1. The van der Waals surface area contributed by atoms with E-state index in [9.17, 15) is 4.79 Å². The van der Waals surface area contributed by atoms with E-state index in [-0.39, 0.29) is 6.09 Å². The summed E-state index contributed by atoms with van der Waals surface area (Å²) in [6.45, 7) is 10.1. The van der Waals surface area contributed by atoms with Gasteiger partial charge in [0.2, 0.25) is 0 Å². The van der Waals surface area contributed by atoms with Crippen LogP contribution in [0.1, 0.15) is 23.6 Å². The van der Waals surface area contributed by atoms with Gasteiger partial charge in [0.25, 0.3) is 0 Å². The Bertz CT molecular complexity index is 786. The van der Waals surface area contributed by atoms with Gasteiger partial charge in [0.05, 0.1) is 12.1 Å². The molecule has 0 spiro atoms. The molecule has 25 heavy (non-hydrogen) atoms. The molecule has 0 radical (unpaired) electrons. The predicted molar refractivity (Wildman–Crippen MR) is 100 cm³/mol. The first-order valence-electron chi connectivity index (χ1n) is 8.69. The molecule has 0 atom stereocenters. The molecule has 0 aliphatic carbocycles. The highest BCUT2D eigenvalue weighted by Gasteiger charge is 2.22. The third kappa shape index (κ3) is 3.88. The van der Waals surface area contributed by atoms with Gasteiger partial charge >= 0.3 is 6.09 Å². The topological polar surface area (TPSA) is 45.7 Å². The molecule has 1 aromatic heterocycles. The zero-order valence-corrected chi connectivity index (χ0v) is 15.8. The van der Waals surface area contributed by atoms with Gasteiger partial charge in [-0.15, -0.1) is 0 Å². The summed E-state index contributed by atoms with van der Waals surface area (Å²) in [5.74, 6) is 0. The smallest absolute Gasteiger partial charge is 0.409 e. The average Bonchev–Trinajstić information content (AvgIpc) is 2.60. The molecule has 2 heterocycles. The lowest BCUT2D eigenvalue weighted by Crippen LogP contribution is -2.48. The van der Waals surface area contributed by atoms with E-state index in [2.05, 4.69) is 41.9 Å². The Kier molecular flexibility index (Phi) is 5.45. The number of halogens is 1. The van der Waals surface area contributed by atoms with Gasteiger partial charge in [-0.2, -0.15) is 0 Å². The van der Waals surface area contributed by atoms with Crippen molar-refractivity contribution in [1.29, 1.82) is 0 Å². The van der Waals surface area contributed by atoms with Crippen LogP contribution in [-0.2, 0) is 11.3 Å². The minimum absolute atomic E-state index is 0.224. The lowest BCUT2D eigenvalue weighted by Gasteiger charge is -2.34. The zero-order chi connectivity index (χ0) is 18.0. The van der Waals surface area contributed by atoms with Crippen LogP contribution < -0.4 is 0 Å². The Labute approximate surface area is 153 Å². The molecule has 1 fully saturated rings. The predicted octanol–water partition coefficient (Wildman–Crippen LogP) is 3.78. The average molecular weight is 362 g/mol. The fourth-order valence-electron chi connectivity index (χ4n) is 3.16. The van der Waals surface area contributed by atoms with Crippen LogP contribution in [0.5, 0.6) is 0 Å². The summed E-state index contributed by atoms with van der Waals surface area (Å²) in [6, 6.07) is 6.35. The summed E-state index contributed by atoms with van der Waals surface area (Å²) in [7, 11) is 0. The van der Waals surface area contributed by atoms with Crippen molar-refractivity contribution in [2.75, 3.05) is 32.8 Å². The summed E-state index contributed by atoms with van der Waals surface area (Å²) in [6.07, 6.45) is -0.224. The molecule has 1 aliphatic heterocycles. The van der Waals surface area contributed by atoms with E-state index in [0.29, 0.717) is 24.8 Å². The number of aromatic nitrogens is 1. The van der Waals surface area contributed by atoms with Crippen LogP contribution in [0.15, 0.2) is 18.2 Å². The molecule has 1 aromatic carbocycles. The van der Waals surface area contributed by atoms with Crippen LogP contribution in [0.3, 0.4) is 0 Å². The number of fused-ring (bicyclic) bond motifs is 1. The summed E-state index contributed by atoms with van der Waals surface area (Å²) >= 11 is 6.44. The van der Waals surface area contributed by atoms with Crippen LogP contribution >= 0.6 is 11.6 Å². The van der Waals surface area contributed by atoms with Gasteiger partial charge in [0.15, 0.2) is 0 Å². The molecule has 5 nitrogen and oxygen atoms in total. The van der Waals surface area contributed by atoms with Crippen LogP contribution in [0, 0.1) is 13.8 Å². The van der Waals surface area contributed by atoms with E-state index in [1.54, 1.807) is 4.90 Å². The highest BCUT2D eigenvalue weighted by atomic mass is 35.5. The Balaban J connectivity index is 1.71. The van der Waals surface area contributed by atoms with E-state index in [1.807, 2.05) is 6.92 Å². The maximum atomic E-state index is 11.8. The fraction of sp³-hybridized carbons (Fsp3) is 0.474. The number of hydrogen-bond acceptors (Lipinski definition) is 4. The molecule has 2 aromatic rings. The second-order valence-electron chi connectivity index (χ2n) is 6.48. The lowest BCUT2D eigenvalue weighted by atomic mass is 10.0. The molecule has 1 amide bonds. The number of ether oxygens (including phenoxy) is 1. The van der Waals surface area contributed by atoms with Crippen LogP contribution in [0.4, 0.5) is 4.79 Å². The normalized spacial score (nSPS) is 15.6. The van der Waals surface area contributed by atoms with E-state index >= 15 is 0 Å². The second-order valence-corrected chi connectivity index (χ2v) is 6.84. The number of hydrogen-bond donors (Lipinski definition) is 0. The minimum atomic E-state index is -0.224. The lowest BCUT2D eigenvalue weighted by molar-refractivity contribution is 0.0778. The van der Waals surface area contributed by atoms with E-state index in [0.717, 1.165) is 36.1 Å². The number of nitrogens with zero attached hydrogens (tertiary/aromatic N) is 3. The first-order valence-corrected chi connectivity index (χ1v) is 9.06. The quantitative estimate of drug-likeness (QED) is 0.780. The SMILES string of the molecule is CCOC(=O)N1CCN(Cc2cc3ccc(C)c(C)c3nc2Cl)CC1. The second kappa shape index (κ2) is 7.58. The Morgan fingerprint density at radius 1 is 1.24 bits per heavy atom. The van der Waals surface area contributed by atoms with Crippen molar-refractivity contribution in [1.82, 2.24) is 14.8 Å². The Morgan fingerprint density at radius 2 is 1.96 bits per heavy atom. The summed E-state index contributed by atoms with van der Waals surface area (Å²) in [5.41, 5.74) is 4.40. The standard InChI is InChI=1S/C19H24ClN3O2/c1-4-25-19(24)23-9-7-22(8-10-23)12-16-11-15-6-5-13(2)14(3)17(15)21-18(16)20/h5-6,11H,4,7-10,12H2,1-3H3. The summed E-state index contributed by atoms with van der Waals surface area (Å²) in [5, 5.41) is 1.68. The highest BCUT2D eigenvalue weighted by molar-refractivity contribution is 6.30. The van der Waals surface area contributed by atoms with Gasteiger partial charge in [-0.3, -0.25) is 4.90 Å². The molecule has 3 rings (SSSR count). The summed E-state index contributed by atoms with van der Waals surface area (Å²) in [4.78, 5) is 20.5. The van der Waals surface area contributed by atoms with Crippen molar-refractivity contribution in [3.05, 3.63) is 40.0 Å². The maximum absolute atomic E-state index is 11.8. The molecule has 0 saturated carbocycles. The van der Waals surface area contributed by atoms with Crippen molar-refractivity contribution in [3.8, 4) is 0 Å². The molecule has 134 valence electrons. The Hall–Kier alpha value is -1.85. The Morgan fingerprint density at radius 3 is 2.64 bits per heavy atom. The van der Waals surface area contributed by atoms with Crippen molar-refractivity contribution in [2.45, 2.75) is 27.3 Å². The van der Waals surface area contributed by atoms with Crippen molar-refractivity contribution in [2.24, 2.45) is 0 Å². The molecular formula is C19H24ClN3O2. The number of pyridine rings is 1. The number of piperazine rings is 1. The van der Waals surface area contributed by atoms with Gasteiger partial charge in [-0.25, -0.2) is 9.78 Å². The molecule has 1 saturated heterocycles. The first kappa shape index (κ1) is 18.0. The third-order valence-electron chi connectivity index (χ3n) is 4.83. The van der Waals surface area contributed by atoms with Crippen molar-refractivity contribution in [3.63, 3.8) is 0 Å². The van der Waals surface area contributed by atoms with Crippen LogP contribution in [-0.4, -0.2) is 53.7 Å². The molecule has 6 heteroatoms.